The summed E-state index contributed by atoms with van der Waals surface area (Å²) >= 11 is 0. The number of ether oxygens (including phenoxy) is 1. The van der Waals surface area contributed by atoms with E-state index in [0.29, 0.717) is 12.2 Å². The molecule has 0 aliphatic heterocycles. The lowest BCUT2D eigenvalue weighted by Crippen LogP contribution is -2.08. The van der Waals surface area contributed by atoms with E-state index in [0.717, 1.165) is 36.1 Å². The van der Waals surface area contributed by atoms with Crippen molar-refractivity contribution in [2.45, 2.75) is 33.1 Å². The molecule has 0 unspecified atom stereocenters. The smallest absolute Gasteiger partial charge is 0.338 e. The second-order valence-electron chi connectivity index (χ2n) is 5.11. The minimum absolute atomic E-state index is 0.272. The van der Waals surface area contributed by atoms with Gasteiger partial charge in [0, 0.05) is 11.8 Å². The lowest BCUT2D eigenvalue weighted by Gasteiger charge is -2.10. The van der Waals surface area contributed by atoms with Gasteiger partial charge in [-0.2, -0.15) is 0 Å². The van der Waals surface area contributed by atoms with Crippen molar-refractivity contribution >= 4 is 5.97 Å². The highest BCUT2D eigenvalue weighted by molar-refractivity contribution is 5.96. The van der Waals surface area contributed by atoms with Gasteiger partial charge in [-0.25, -0.2) is 4.79 Å². The number of carbonyl (C=O) groups is 1. The van der Waals surface area contributed by atoms with E-state index in [9.17, 15) is 4.79 Å². The SMILES string of the molecule is CCCCCOC(=O)c1ccc(C)cc1-c1ccccn1. The Morgan fingerprint density at radius 2 is 2.05 bits per heavy atom. The van der Waals surface area contributed by atoms with Gasteiger partial charge in [0.15, 0.2) is 0 Å². The quantitative estimate of drug-likeness (QED) is 0.582. The maximum absolute atomic E-state index is 12.3. The molecular formula is C18H21NO2. The molecule has 0 fully saturated rings. The Labute approximate surface area is 126 Å². The third kappa shape index (κ3) is 4.15. The molecule has 1 aromatic carbocycles. The summed E-state index contributed by atoms with van der Waals surface area (Å²) in [5, 5.41) is 0. The monoisotopic (exact) mass is 283 g/mol. The van der Waals surface area contributed by atoms with Crippen molar-refractivity contribution in [3.05, 3.63) is 53.7 Å². The van der Waals surface area contributed by atoms with E-state index >= 15 is 0 Å². The van der Waals surface area contributed by atoms with Crippen LogP contribution in [0.1, 0.15) is 42.1 Å². The second-order valence-corrected chi connectivity index (χ2v) is 5.11. The van der Waals surface area contributed by atoms with E-state index < -0.39 is 0 Å². The average molecular weight is 283 g/mol. The minimum atomic E-state index is -0.272. The molecular weight excluding hydrogens is 262 g/mol. The number of benzene rings is 1. The molecule has 0 N–H and O–H groups in total. The Hall–Kier alpha value is -2.16. The topological polar surface area (TPSA) is 39.2 Å². The van der Waals surface area contributed by atoms with Gasteiger partial charge in [-0.3, -0.25) is 4.98 Å². The molecule has 0 bridgehead atoms. The van der Waals surface area contributed by atoms with Crippen molar-refractivity contribution in [2.24, 2.45) is 0 Å². The largest absolute Gasteiger partial charge is 0.462 e. The van der Waals surface area contributed by atoms with E-state index in [4.69, 9.17) is 4.74 Å². The third-order valence-corrected chi connectivity index (χ3v) is 3.32. The molecule has 2 rings (SSSR count). The highest BCUT2D eigenvalue weighted by Gasteiger charge is 2.15. The van der Waals surface area contributed by atoms with E-state index in [2.05, 4.69) is 11.9 Å². The summed E-state index contributed by atoms with van der Waals surface area (Å²) in [7, 11) is 0. The molecule has 0 saturated heterocycles. The fourth-order valence-corrected chi connectivity index (χ4v) is 2.16. The first kappa shape index (κ1) is 15.2. The van der Waals surface area contributed by atoms with Crippen molar-refractivity contribution in [3.8, 4) is 11.3 Å². The molecule has 0 saturated carbocycles. The summed E-state index contributed by atoms with van der Waals surface area (Å²) in [5.74, 6) is -0.272. The maximum Gasteiger partial charge on any atom is 0.338 e. The number of rotatable bonds is 6. The van der Waals surface area contributed by atoms with Crippen molar-refractivity contribution in [1.29, 1.82) is 0 Å². The summed E-state index contributed by atoms with van der Waals surface area (Å²) in [4.78, 5) is 16.6. The molecule has 0 aliphatic carbocycles. The zero-order chi connectivity index (χ0) is 15.1. The molecule has 0 radical (unpaired) electrons. The number of unbranched alkanes of at least 4 members (excludes halogenated alkanes) is 2. The molecule has 1 aromatic heterocycles. The molecule has 2 aromatic rings. The number of carbonyl (C=O) groups excluding carboxylic acids is 1. The highest BCUT2D eigenvalue weighted by atomic mass is 16.5. The highest BCUT2D eigenvalue weighted by Crippen LogP contribution is 2.24. The third-order valence-electron chi connectivity index (χ3n) is 3.32. The number of hydrogen-bond acceptors (Lipinski definition) is 3. The first-order chi connectivity index (χ1) is 10.2. The van der Waals surface area contributed by atoms with Gasteiger partial charge in [0.1, 0.15) is 0 Å². The molecule has 0 aliphatic rings. The van der Waals surface area contributed by atoms with Gasteiger partial charge in [0.2, 0.25) is 0 Å². The molecule has 21 heavy (non-hydrogen) atoms. The van der Waals surface area contributed by atoms with Gasteiger partial charge in [-0.15, -0.1) is 0 Å². The summed E-state index contributed by atoms with van der Waals surface area (Å²) < 4.78 is 5.37. The van der Waals surface area contributed by atoms with Crippen LogP contribution in [0.4, 0.5) is 0 Å². The summed E-state index contributed by atoms with van der Waals surface area (Å²) in [6.45, 7) is 4.60. The van der Waals surface area contributed by atoms with Gasteiger partial charge >= 0.3 is 5.97 Å². The Kier molecular flexibility index (Phi) is 5.50. The van der Waals surface area contributed by atoms with Crippen LogP contribution in [-0.2, 0) is 4.74 Å². The molecule has 3 heteroatoms. The predicted molar refractivity (Wildman–Crippen MR) is 84.2 cm³/mol. The molecule has 0 atom stereocenters. The first-order valence-corrected chi connectivity index (χ1v) is 7.41. The van der Waals surface area contributed by atoms with Crippen LogP contribution >= 0.6 is 0 Å². The lowest BCUT2D eigenvalue weighted by molar-refractivity contribution is 0.0499. The zero-order valence-corrected chi connectivity index (χ0v) is 12.6. The first-order valence-electron chi connectivity index (χ1n) is 7.41. The van der Waals surface area contributed by atoms with Crippen LogP contribution in [0.5, 0.6) is 0 Å². The number of esters is 1. The van der Waals surface area contributed by atoms with E-state index in [1.165, 1.54) is 0 Å². The van der Waals surface area contributed by atoms with Crippen LogP contribution in [0, 0.1) is 6.92 Å². The number of hydrogen-bond donors (Lipinski definition) is 0. The second kappa shape index (κ2) is 7.58. The van der Waals surface area contributed by atoms with Crippen LogP contribution < -0.4 is 0 Å². The van der Waals surface area contributed by atoms with Crippen LogP contribution in [-0.4, -0.2) is 17.6 Å². The van der Waals surface area contributed by atoms with E-state index in [1.54, 1.807) is 6.20 Å². The minimum Gasteiger partial charge on any atom is -0.462 e. The number of aromatic nitrogens is 1. The van der Waals surface area contributed by atoms with Crippen molar-refractivity contribution in [2.75, 3.05) is 6.61 Å². The molecule has 0 spiro atoms. The number of nitrogens with zero attached hydrogens (tertiary/aromatic N) is 1. The number of pyridine rings is 1. The van der Waals surface area contributed by atoms with Crippen LogP contribution in [0.15, 0.2) is 42.6 Å². The zero-order valence-electron chi connectivity index (χ0n) is 12.6. The lowest BCUT2D eigenvalue weighted by atomic mass is 10.0. The average Bonchev–Trinajstić information content (AvgIpc) is 2.52. The summed E-state index contributed by atoms with van der Waals surface area (Å²) in [6.07, 6.45) is 4.83. The van der Waals surface area contributed by atoms with Gasteiger partial charge in [0.05, 0.1) is 17.9 Å². The molecule has 0 amide bonds. The van der Waals surface area contributed by atoms with Gasteiger partial charge in [0.25, 0.3) is 0 Å². The van der Waals surface area contributed by atoms with Gasteiger partial charge < -0.3 is 4.74 Å². The predicted octanol–water partition coefficient (Wildman–Crippen LogP) is 4.40. The molecule has 1 heterocycles. The van der Waals surface area contributed by atoms with Crippen molar-refractivity contribution in [1.82, 2.24) is 4.98 Å². The van der Waals surface area contributed by atoms with E-state index in [-0.39, 0.29) is 5.97 Å². The number of aryl methyl sites for hydroxylation is 1. The standard InChI is InChI=1S/C18H21NO2/c1-3-4-7-12-21-18(20)15-10-9-14(2)13-16(15)17-8-5-6-11-19-17/h5-6,8-11,13H,3-4,7,12H2,1-2H3. The Balaban J connectivity index is 2.21. The van der Waals surface area contributed by atoms with Crippen LogP contribution in [0.3, 0.4) is 0 Å². The van der Waals surface area contributed by atoms with Gasteiger partial charge in [-0.05, 0) is 37.6 Å². The summed E-state index contributed by atoms with van der Waals surface area (Å²) in [5.41, 5.74) is 3.30. The van der Waals surface area contributed by atoms with Crippen LogP contribution in [0.2, 0.25) is 0 Å². The Bertz CT molecular complexity index is 593. The molecule has 110 valence electrons. The fraction of sp³-hybridized carbons (Fsp3) is 0.333. The molecule has 3 nitrogen and oxygen atoms in total. The van der Waals surface area contributed by atoms with E-state index in [1.807, 2.05) is 43.3 Å². The van der Waals surface area contributed by atoms with Gasteiger partial charge in [-0.1, -0.05) is 37.5 Å². The fourth-order valence-electron chi connectivity index (χ4n) is 2.16. The van der Waals surface area contributed by atoms with Crippen molar-refractivity contribution < 1.29 is 9.53 Å². The summed E-state index contributed by atoms with van der Waals surface area (Å²) in [6, 6.07) is 11.4. The Morgan fingerprint density at radius 1 is 1.19 bits per heavy atom. The Morgan fingerprint density at radius 3 is 2.76 bits per heavy atom. The maximum atomic E-state index is 12.3. The normalized spacial score (nSPS) is 10.4. The van der Waals surface area contributed by atoms with Crippen LogP contribution in [0.25, 0.3) is 11.3 Å². The van der Waals surface area contributed by atoms with Crippen molar-refractivity contribution in [3.63, 3.8) is 0 Å².